The van der Waals surface area contributed by atoms with Crippen molar-refractivity contribution in [1.29, 1.82) is 0 Å². The molecule has 1 rings (SSSR count). The highest BCUT2D eigenvalue weighted by Crippen LogP contribution is 2.20. The monoisotopic (exact) mass is 258 g/mol. The van der Waals surface area contributed by atoms with Crippen LogP contribution in [0.4, 0.5) is 4.79 Å². The molecule has 2 atom stereocenters. The Morgan fingerprint density at radius 2 is 2.17 bits per heavy atom. The Morgan fingerprint density at radius 1 is 1.44 bits per heavy atom. The first-order valence-corrected chi connectivity index (χ1v) is 6.34. The van der Waals surface area contributed by atoms with Crippen LogP contribution in [-0.4, -0.2) is 54.9 Å². The standard InChI is InChI=1S/C12H22N2O4/c1-3-18-12(17)13-10-6-9(4-5-11(15)16)7-14(2)8-10/h9-10H,3-8H2,1-2H3,(H,13,17)(H,15,16). The molecule has 0 spiro atoms. The van der Waals surface area contributed by atoms with E-state index in [4.69, 9.17) is 9.84 Å². The molecule has 0 bridgehead atoms. The van der Waals surface area contributed by atoms with E-state index in [-0.39, 0.29) is 12.5 Å². The number of carbonyl (C=O) groups excluding carboxylic acids is 1. The summed E-state index contributed by atoms with van der Waals surface area (Å²) in [6, 6.07) is 0.0431. The fourth-order valence-electron chi connectivity index (χ4n) is 2.42. The van der Waals surface area contributed by atoms with E-state index in [1.54, 1.807) is 6.92 Å². The first-order valence-electron chi connectivity index (χ1n) is 6.34. The average molecular weight is 258 g/mol. The summed E-state index contributed by atoms with van der Waals surface area (Å²) in [6.45, 7) is 3.79. The van der Waals surface area contributed by atoms with Crippen LogP contribution in [-0.2, 0) is 9.53 Å². The Bertz CT molecular complexity index is 296. The van der Waals surface area contributed by atoms with E-state index in [9.17, 15) is 9.59 Å². The fraction of sp³-hybridized carbons (Fsp3) is 0.833. The topological polar surface area (TPSA) is 78.9 Å². The zero-order valence-corrected chi connectivity index (χ0v) is 11.0. The average Bonchev–Trinajstić information content (AvgIpc) is 2.25. The second-order valence-corrected chi connectivity index (χ2v) is 4.82. The van der Waals surface area contributed by atoms with Crippen molar-refractivity contribution < 1.29 is 19.4 Å². The minimum absolute atomic E-state index is 0.0431. The number of aliphatic carboxylic acids is 1. The normalized spacial score (nSPS) is 24.6. The number of likely N-dealkylation sites (tertiary alicyclic amines) is 1. The molecule has 2 unspecified atom stereocenters. The number of carbonyl (C=O) groups is 2. The number of alkyl carbamates (subject to hydrolysis) is 1. The van der Waals surface area contributed by atoms with Gasteiger partial charge in [-0.2, -0.15) is 0 Å². The molecule has 1 saturated heterocycles. The number of likely N-dealkylation sites (N-methyl/N-ethyl adjacent to an activating group) is 1. The van der Waals surface area contributed by atoms with Crippen LogP contribution in [0, 0.1) is 5.92 Å². The van der Waals surface area contributed by atoms with Crippen molar-refractivity contribution in [3.63, 3.8) is 0 Å². The van der Waals surface area contributed by atoms with Crippen molar-refractivity contribution >= 4 is 12.1 Å². The predicted molar refractivity (Wildman–Crippen MR) is 66.4 cm³/mol. The van der Waals surface area contributed by atoms with E-state index in [0.29, 0.717) is 18.9 Å². The highest BCUT2D eigenvalue weighted by Gasteiger charge is 2.26. The second-order valence-electron chi connectivity index (χ2n) is 4.82. The summed E-state index contributed by atoms with van der Waals surface area (Å²) < 4.78 is 4.85. The smallest absolute Gasteiger partial charge is 0.407 e. The number of nitrogens with one attached hydrogen (secondary N) is 1. The van der Waals surface area contributed by atoms with Gasteiger partial charge in [0.15, 0.2) is 0 Å². The minimum Gasteiger partial charge on any atom is -0.481 e. The summed E-state index contributed by atoms with van der Waals surface area (Å²) in [7, 11) is 1.98. The summed E-state index contributed by atoms with van der Waals surface area (Å²) in [4.78, 5) is 24.0. The van der Waals surface area contributed by atoms with Crippen LogP contribution in [0.3, 0.4) is 0 Å². The minimum atomic E-state index is -0.766. The SMILES string of the molecule is CCOC(=O)NC1CC(CCC(=O)O)CN(C)C1. The third-order valence-corrected chi connectivity index (χ3v) is 3.08. The Hall–Kier alpha value is -1.30. The Labute approximate surface area is 107 Å². The molecular formula is C12H22N2O4. The van der Waals surface area contributed by atoms with E-state index in [2.05, 4.69) is 10.2 Å². The highest BCUT2D eigenvalue weighted by molar-refractivity contribution is 5.67. The second kappa shape index (κ2) is 7.20. The highest BCUT2D eigenvalue weighted by atomic mass is 16.5. The number of carboxylic acids is 1. The van der Waals surface area contributed by atoms with Crippen LogP contribution in [0.1, 0.15) is 26.2 Å². The van der Waals surface area contributed by atoms with Gasteiger partial charge in [-0.3, -0.25) is 4.79 Å². The molecule has 0 aliphatic carbocycles. The summed E-state index contributed by atoms with van der Waals surface area (Å²) in [6.07, 6.45) is 1.26. The molecule has 1 amide bonds. The molecule has 6 heteroatoms. The first-order chi connectivity index (χ1) is 8.51. The molecule has 0 aromatic heterocycles. The van der Waals surface area contributed by atoms with Gasteiger partial charge < -0.3 is 20.1 Å². The lowest BCUT2D eigenvalue weighted by Crippen LogP contribution is -2.49. The lowest BCUT2D eigenvalue weighted by atomic mass is 9.91. The molecule has 1 aliphatic rings. The molecule has 0 aromatic carbocycles. The van der Waals surface area contributed by atoms with Crippen molar-refractivity contribution in [3.05, 3.63) is 0 Å². The molecule has 1 heterocycles. The van der Waals surface area contributed by atoms with Crippen molar-refractivity contribution in [3.8, 4) is 0 Å². The number of nitrogens with zero attached hydrogens (tertiary/aromatic N) is 1. The molecule has 6 nitrogen and oxygen atoms in total. The van der Waals surface area contributed by atoms with Gasteiger partial charge in [0.25, 0.3) is 0 Å². The summed E-state index contributed by atoms with van der Waals surface area (Å²) in [5.41, 5.74) is 0. The first kappa shape index (κ1) is 14.8. The van der Waals surface area contributed by atoms with E-state index < -0.39 is 12.1 Å². The number of piperidine rings is 1. The van der Waals surface area contributed by atoms with Gasteiger partial charge in [0.05, 0.1) is 6.61 Å². The van der Waals surface area contributed by atoms with Gasteiger partial charge in [0.2, 0.25) is 0 Å². The van der Waals surface area contributed by atoms with Crippen molar-refractivity contribution in [2.45, 2.75) is 32.2 Å². The predicted octanol–water partition coefficient (Wildman–Crippen LogP) is 0.918. The maximum absolute atomic E-state index is 11.3. The largest absolute Gasteiger partial charge is 0.481 e. The van der Waals surface area contributed by atoms with E-state index in [0.717, 1.165) is 19.5 Å². The fourth-order valence-corrected chi connectivity index (χ4v) is 2.42. The molecule has 104 valence electrons. The summed E-state index contributed by atoms with van der Waals surface area (Å²) in [5, 5.41) is 11.5. The van der Waals surface area contributed by atoms with E-state index >= 15 is 0 Å². The summed E-state index contributed by atoms with van der Waals surface area (Å²) in [5.74, 6) is -0.454. The quantitative estimate of drug-likeness (QED) is 0.766. The van der Waals surface area contributed by atoms with Gasteiger partial charge in [-0.05, 0) is 32.7 Å². The lowest BCUT2D eigenvalue weighted by molar-refractivity contribution is -0.137. The number of hydrogen-bond acceptors (Lipinski definition) is 4. The molecule has 0 saturated carbocycles. The number of hydrogen-bond donors (Lipinski definition) is 2. The van der Waals surface area contributed by atoms with E-state index in [1.807, 2.05) is 7.05 Å². The molecule has 0 radical (unpaired) electrons. The van der Waals surface area contributed by atoms with Crippen molar-refractivity contribution in [2.24, 2.45) is 5.92 Å². The third kappa shape index (κ3) is 5.35. The number of carboxylic acid groups (broad SMARTS) is 1. The maximum atomic E-state index is 11.3. The van der Waals surface area contributed by atoms with Gasteiger partial charge in [0, 0.05) is 25.6 Å². The lowest BCUT2D eigenvalue weighted by Gasteiger charge is -2.35. The van der Waals surface area contributed by atoms with Crippen LogP contribution in [0.15, 0.2) is 0 Å². The number of rotatable bonds is 5. The van der Waals surface area contributed by atoms with Gasteiger partial charge in [0.1, 0.15) is 0 Å². The summed E-state index contributed by atoms with van der Waals surface area (Å²) >= 11 is 0. The zero-order chi connectivity index (χ0) is 13.5. The van der Waals surface area contributed by atoms with Crippen LogP contribution in [0.2, 0.25) is 0 Å². The third-order valence-electron chi connectivity index (χ3n) is 3.08. The molecule has 2 N–H and O–H groups in total. The van der Waals surface area contributed by atoms with Gasteiger partial charge >= 0.3 is 12.1 Å². The Balaban J connectivity index is 2.40. The van der Waals surface area contributed by atoms with Crippen LogP contribution in [0.5, 0.6) is 0 Å². The molecule has 0 aromatic rings. The van der Waals surface area contributed by atoms with Gasteiger partial charge in [-0.1, -0.05) is 0 Å². The molecular weight excluding hydrogens is 236 g/mol. The van der Waals surface area contributed by atoms with Gasteiger partial charge in [-0.15, -0.1) is 0 Å². The number of ether oxygens (including phenoxy) is 1. The Kier molecular flexibility index (Phi) is 5.91. The van der Waals surface area contributed by atoms with Crippen LogP contribution >= 0.6 is 0 Å². The van der Waals surface area contributed by atoms with Crippen LogP contribution in [0.25, 0.3) is 0 Å². The molecule has 1 fully saturated rings. The van der Waals surface area contributed by atoms with Crippen molar-refractivity contribution in [1.82, 2.24) is 10.2 Å². The van der Waals surface area contributed by atoms with Crippen molar-refractivity contribution in [2.75, 3.05) is 26.7 Å². The zero-order valence-electron chi connectivity index (χ0n) is 11.0. The van der Waals surface area contributed by atoms with E-state index in [1.165, 1.54) is 0 Å². The van der Waals surface area contributed by atoms with Gasteiger partial charge in [-0.25, -0.2) is 4.79 Å². The number of amides is 1. The maximum Gasteiger partial charge on any atom is 0.407 e. The van der Waals surface area contributed by atoms with Crippen LogP contribution < -0.4 is 5.32 Å². The molecule has 18 heavy (non-hydrogen) atoms. The Morgan fingerprint density at radius 3 is 2.78 bits per heavy atom. The molecule has 1 aliphatic heterocycles.